The molecule has 0 aliphatic rings. The number of carboxylic acids is 1. The molecule has 0 aromatic heterocycles. The molecule has 0 bridgehead atoms. The van der Waals surface area contributed by atoms with E-state index in [1.165, 1.54) is 18.7 Å². The SMILES string of the molecule is CCN(C(=O)c1cc(C)cc(Br)c1)C(C)(C)C(=O)O. The van der Waals surface area contributed by atoms with Crippen LogP contribution in [-0.4, -0.2) is 34.0 Å². The maximum atomic E-state index is 12.5. The van der Waals surface area contributed by atoms with Crippen molar-refractivity contribution in [2.24, 2.45) is 0 Å². The van der Waals surface area contributed by atoms with E-state index in [0.29, 0.717) is 12.1 Å². The molecule has 0 aliphatic carbocycles. The normalized spacial score (nSPS) is 11.2. The van der Waals surface area contributed by atoms with Crippen LogP contribution in [0.5, 0.6) is 0 Å². The maximum absolute atomic E-state index is 12.5. The quantitative estimate of drug-likeness (QED) is 0.924. The smallest absolute Gasteiger partial charge is 0.329 e. The lowest BCUT2D eigenvalue weighted by molar-refractivity contribution is -0.147. The zero-order valence-electron chi connectivity index (χ0n) is 11.5. The second-order valence-corrected chi connectivity index (χ2v) is 5.85. The van der Waals surface area contributed by atoms with E-state index in [1.54, 1.807) is 19.1 Å². The van der Waals surface area contributed by atoms with Crippen molar-refractivity contribution in [1.29, 1.82) is 0 Å². The van der Waals surface area contributed by atoms with E-state index in [4.69, 9.17) is 0 Å². The first-order chi connectivity index (χ1) is 8.70. The van der Waals surface area contributed by atoms with Crippen molar-refractivity contribution in [2.45, 2.75) is 33.2 Å². The third-order valence-corrected chi connectivity index (χ3v) is 3.51. The lowest BCUT2D eigenvalue weighted by Crippen LogP contribution is -2.52. The van der Waals surface area contributed by atoms with Crippen molar-refractivity contribution >= 4 is 27.8 Å². The van der Waals surface area contributed by atoms with Gasteiger partial charge in [0, 0.05) is 16.6 Å². The molecule has 4 nitrogen and oxygen atoms in total. The van der Waals surface area contributed by atoms with Gasteiger partial charge >= 0.3 is 5.97 Å². The van der Waals surface area contributed by atoms with Crippen molar-refractivity contribution in [1.82, 2.24) is 4.90 Å². The Balaban J connectivity index is 3.19. The number of carboxylic acid groups (broad SMARTS) is 1. The van der Waals surface area contributed by atoms with Crippen molar-refractivity contribution in [3.63, 3.8) is 0 Å². The monoisotopic (exact) mass is 327 g/mol. The number of hydrogen-bond donors (Lipinski definition) is 1. The Bertz CT molecular complexity index is 491. The number of amides is 1. The average molecular weight is 328 g/mol. The number of likely N-dealkylation sites (N-methyl/N-ethyl adjacent to an activating group) is 1. The van der Waals surface area contributed by atoms with Crippen molar-refractivity contribution < 1.29 is 14.7 Å². The zero-order chi connectivity index (χ0) is 14.8. The van der Waals surface area contributed by atoms with Gasteiger partial charge in [0.05, 0.1) is 0 Å². The average Bonchev–Trinajstić information content (AvgIpc) is 2.27. The predicted molar refractivity (Wildman–Crippen MR) is 77.3 cm³/mol. The molecule has 0 saturated heterocycles. The summed E-state index contributed by atoms with van der Waals surface area (Å²) in [5, 5.41) is 9.24. The lowest BCUT2D eigenvalue weighted by atomic mass is 10.0. The number of carbonyl (C=O) groups excluding carboxylic acids is 1. The number of nitrogens with zero attached hydrogens (tertiary/aromatic N) is 1. The van der Waals surface area contributed by atoms with E-state index in [0.717, 1.165) is 10.0 Å². The number of aliphatic carboxylic acids is 1. The van der Waals surface area contributed by atoms with Gasteiger partial charge in [-0.25, -0.2) is 4.79 Å². The van der Waals surface area contributed by atoms with Crippen molar-refractivity contribution in [2.75, 3.05) is 6.54 Å². The van der Waals surface area contributed by atoms with Crippen LogP contribution in [0.4, 0.5) is 0 Å². The summed E-state index contributed by atoms with van der Waals surface area (Å²) < 4.78 is 0.806. The highest BCUT2D eigenvalue weighted by molar-refractivity contribution is 9.10. The number of rotatable bonds is 4. The topological polar surface area (TPSA) is 57.6 Å². The molecule has 0 radical (unpaired) electrons. The summed E-state index contributed by atoms with van der Waals surface area (Å²) in [6, 6.07) is 5.36. The third kappa shape index (κ3) is 3.35. The summed E-state index contributed by atoms with van der Waals surface area (Å²) in [6.07, 6.45) is 0. The summed E-state index contributed by atoms with van der Waals surface area (Å²) in [7, 11) is 0. The Morgan fingerprint density at radius 1 is 1.32 bits per heavy atom. The second kappa shape index (κ2) is 5.74. The van der Waals surface area contributed by atoms with Crippen LogP contribution in [0.15, 0.2) is 22.7 Å². The molecule has 0 atom stereocenters. The van der Waals surface area contributed by atoms with Gasteiger partial charge in [-0.3, -0.25) is 4.79 Å². The predicted octanol–water partition coefficient (Wildman–Crippen LogP) is 3.08. The molecule has 1 amide bonds. The van der Waals surface area contributed by atoms with Gasteiger partial charge in [-0.1, -0.05) is 15.9 Å². The zero-order valence-corrected chi connectivity index (χ0v) is 13.1. The van der Waals surface area contributed by atoms with Crippen LogP contribution in [0.25, 0.3) is 0 Å². The minimum atomic E-state index is -1.23. The number of hydrogen-bond acceptors (Lipinski definition) is 2. The van der Waals surface area contributed by atoms with Gasteiger partial charge in [-0.2, -0.15) is 0 Å². The van der Waals surface area contributed by atoms with E-state index in [9.17, 15) is 14.7 Å². The molecule has 1 aromatic rings. The first-order valence-corrected chi connectivity index (χ1v) is 6.82. The van der Waals surface area contributed by atoms with Gasteiger partial charge in [-0.15, -0.1) is 0 Å². The Labute approximate surface area is 121 Å². The van der Waals surface area contributed by atoms with Crippen molar-refractivity contribution in [3.8, 4) is 0 Å². The summed E-state index contributed by atoms with van der Waals surface area (Å²) in [5.74, 6) is -1.30. The molecule has 0 unspecified atom stereocenters. The maximum Gasteiger partial charge on any atom is 0.329 e. The van der Waals surface area contributed by atoms with Gasteiger partial charge in [-0.05, 0) is 51.5 Å². The lowest BCUT2D eigenvalue weighted by Gasteiger charge is -2.34. The van der Waals surface area contributed by atoms with E-state index < -0.39 is 11.5 Å². The number of halogens is 1. The summed E-state index contributed by atoms with van der Waals surface area (Å²) in [6.45, 7) is 7.06. The second-order valence-electron chi connectivity index (χ2n) is 4.93. The van der Waals surface area contributed by atoms with Crippen LogP contribution in [0.3, 0.4) is 0 Å². The molecule has 0 heterocycles. The van der Waals surface area contributed by atoms with Gasteiger partial charge < -0.3 is 10.0 Å². The van der Waals surface area contributed by atoms with Crippen molar-refractivity contribution in [3.05, 3.63) is 33.8 Å². The molecule has 0 saturated carbocycles. The molecular weight excluding hydrogens is 310 g/mol. The Kier molecular flexibility index (Phi) is 4.74. The van der Waals surface area contributed by atoms with E-state index in [-0.39, 0.29) is 5.91 Å². The molecule has 1 N–H and O–H groups in total. The van der Waals surface area contributed by atoms with Crippen LogP contribution >= 0.6 is 15.9 Å². The molecule has 1 rings (SSSR count). The fourth-order valence-electron chi connectivity index (χ4n) is 1.92. The van der Waals surface area contributed by atoms with Crippen LogP contribution in [0.1, 0.15) is 36.7 Å². The molecular formula is C14H18BrNO3. The number of benzene rings is 1. The highest BCUT2D eigenvalue weighted by Crippen LogP contribution is 2.21. The Morgan fingerprint density at radius 3 is 2.32 bits per heavy atom. The largest absolute Gasteiger partial charge is 0.480 e. The molecule has 104 valence electrons. The fraction of sp³-hybridized carbons (Fsp3) is 0.429. The highest BCUT2D eigenvalue weighted by Gasteiger charge is 2.37. The Hall–Kier alpha value is -1.36. The van der Waals surface area contributed by atoms with E-state index >= 15 is 0 Å². The minimum absolute atomic E-state index is 0.278. The Morgan fingerprint density at radius 2 is 1.89 bits per heavy atom. The third-order valence-electron chi connectivity index (χ3n) is 3.05. The van der Waals surface area contributed by atoms with Crippen LogP contribution < -0.4 is 0 Å². The molecule has 0 aliphatic heterocycles. The standard InChI is InChI=1S/C14H18BrNO3/c1-5-16(14(3,4)13(18)19)12(17)10-6-9(2)7-11(15)8-10/h6-8H,5H2,1-4H3,(H,18,19). The molecule has 0 spiro atoms. The summed E-state index contributed by atoms with van der Waals surface area (Å²) in [5.41, 5.74) is 0.201. The van der Waals surface area contributed by atoms with Crippen LogP contribution in [0, 0.1) is 6.92 Å². The summed E-state index contributed by atoms with van der Waals surface area (Å²) in [4.78, 5) is 25.1. The number of aryl methyl sites for hydroxylation is 1. The van der Waals surface area contributed by atoms with Crippen LogP contribution in [-0.2, 0) is 4.79 Å². The van der Waals surface area contributed by atoms with Crippen LogP contribution in [0.2, 0.25) is 0 Å². The molecule has 0 fully saturated rings. The minimum Gasteiger partial charge on any atom is -0.480 e. The van der Waals surface area contributed by atoms with E-state index in [2.05, 4.69) is 15.9 Å². The van der Waals surface area contributed by atoms with E-state index in [1.807, 2.05) is 13.0 Å². The van der Waals surface area contributed by atoms with Gasteiger partial charge in [0.2, 0.25) is 0 Å². The van der Waals surface area contributed by atoms with Gasteiger partial charge in [0.25, 0.3) is 5.91 Å². The first kappa shape index (κ1) is 15.7. The fourth-order valence-corrected chi connectivity index (χ4v) is 2.53. The first-order valence-electron chi connectivity index (χ1n) is 6.02. The molecule has 19 heavy (non-hydrogen) atoms. The van der Waals surface area contributed by atoms with Gasteiger partial charge in [0.15, 0.2) is 0 Å². The molecule has 5 heteroatoms. The number of carbonyl (C=O) groups is 2. The summed E-state index contributed by atoms with van der Waals surface area (Å²) >= 11 is 3.34. The van der Waals surface area contributed by atoms with Gasteiger partial charge in [0.1, 0.15) is 5.54 Å². The highest BCUT2D eigenvalue weighted by atomic mass is 79.9. The molecule has 1 aromatic carbocycles.